The van der Waals surface area contributed by atoms with E-state index in [1.165, 1.54) is 0 Å². The molecule has 0 saturated carbocycles. The van der Waals surface area contributed by atoms with Gasteiger partial charge in [-0.25, -0.2) is 0 Å². The summed E-state index contributed by atoms with van der Waals surface area (Å²) < 4.78 is 0. The zero-order valence-corrected chi connectivity index (χ0v) is 31.2. The molecule has 7 rings (SSSR count). The van der Waals surface area contributed by atoms with Crippen LogP contribution in [-0.2, 0) is 76.2 Å². The van der Waals surface area contributed by atoms with Crippen molar-refractivity contribution in [2.24, 2.45) is 0 Å². The number of hydrogen-bond donors (Lipinski definition) is 0. The monoisotopic (exact) mass is 736 g/mol. The average molecular weight is 737 g/mol. The summed E-state index contributed by atoms with van der Waals surface area (Å²) in [5.74, 6) is 0. The molecule has 0 bridgehead atoms. The van der Waals surface area contributed by atoms with E-state index >= 15 is 0 Å². The van der Waals surface area contributed by atoms with Gasteiger partial charge in [-0.15, -0.1) is 11.1 Å². The molecule has 0 N–H and O–H groups in total. The fourth-order valence-electron chi connectivity index (χ4n) is 6.73. The third-order valence-corrected chi connectivity index (χ3v) is 8.61. The van der Waals surface area contributed by atoms with Crippen LogP contribution in [0.3, 0.4) is 0 Å². The van der Waals surface area contributed by atoms with Gasteiger partial charge < -0.3 is 18.2 Å². The summed E-state index contributed by atoms with van der Waals surface area (Å²) in [7, 11) is 0. The van der Waals surface area contributed by atoms with Crippen LogP contribution < -0.4 is 0 Å². The van der Waals surface area contributed by atoms with E-state index in [2.05, 4.69) is 176 Å². The Kier molecular flexibility index (Phi) is 11.5. The van der Waals surface area contributed by atoms with Crippen LogP contribution in [0.5, 0.6) is 0 Å². The smallest absolute Gasteiger partial charge is 0.00497 e. The van der Waals surface area contributed by atoms with Crippen LogP contribution >= 0.6 is 0 Å². The molecule has 7 aromatic rings. The zero-order valence-electron chi connectivity index (χ0n) is 25.5. The standard InChI is InChI=1S/C44H30.2Y/c1-7-20-35(21-8-1)43(36-22-9-2-10-23-36,37-24-11-3-12-25-37)41-32-19-33-42(34-41)44(38-26-13-4-14-27-38,39-28-15-5-16-29-39)40-30-17-6-18-31-40;;/h1-24,26-30,34H;;/q-4;;. The maximum Gasteiger partial charge on any atom is 0.00497 e. The molecule has 0 fully saturated rings. The molecule has 0 saturated heterocycles. The molecule has 46 heavy (non-hydrogen) atoms. The summed E-state index contributed by atoms with van der Waals surface area (Å²) >= 11 is 0. The first-order valence-electron chi connectivity index (χ1n) is 15.0. The van der Waals surface area contributed by atoms with Crippen molar-refractivity contribution in [3.8, 4) is 0 Å². The quantitative estimate of drug-likeness (QED) is 0.108. The van der Waals surface area contributed by atoms with Crippen LogP contribution in [0.2, 0.25) is 0 Å². The third kappa shape index (κ3) is 6.10. The zero-order chi connectivity index (χ0) is 29.7. The molecule has 0 aliphatic carbocycles. The fourth-order valence-corrected chi connectivity index (χ4v) is 6.73. The first-order chi connectivity index (χ1) is 21.8. The summed E-state index contributed by atoms with van der Waals surface area (Å²) in [6.07, 6.45) is 0. The van der Waals surface area contributed by atoms with E-state index in [1.54, 1.807) is 0 Å². The van der Waals surface area contributed by atoms with Crippen LogP contribution in [0, 0.1) is 24.3 Å². The summed E-state index contributed by atoms with van der Waals surface area (Å²) in [6.45, 7) is 0. The van der Waals surface area contributed by atoms with Crippen molar-refractivity contribution in [2.75, 3.05) is 0 Å². The van der Waals surface area contributed by atoms with Gasteiger partial charge in [0, 0.05) is 76.2 Å². The summed E-state index contributed by atoms with van der Waals surface area (Å²) in [5.41, 5.74) is 7.43. The normalized spacial score (nSPS) is 11.1. The Morgan fingerprint density at radius 1 is 0.304 bits per heavy atom. The third-order valence-electron chi connectivity index (χ3n) is 8.61. The van der Waals surface area contributed by atoms with Crippen LogP contribution in [0.4, 0.5) is 0 Å². The van der Waals surface area contributed by atoms with Crippen molar-refractivity contribution in [3.05, 3.63) is 251 Å². The molecular formula is C44H30Y2-4. The largest absolute Gasteiger partial charge is 0.354 e. The molecule has 0 amide bonds. The molecular weight excluding hydrogens is 706 g/mol. The topological polar surface area (TPSA) is 0 Å². The SMILES string of the molecule is [Y].[Y].[c-]1ccccc1C(c1[c-]c[c-]c(C(c2[c-]cccc2)(c2ccccc2)c2ccccc2)c1)(c1ccccc1)c1ccccc1. The van der Waals surface area contributed by atoms with Gasteiger partial charge in [0.1, 0.15) is 0 Å². The predicted molar refractivity (Wildman–Crippen MR) is 178 cm³/mol. The van der Waals surface area contributed by atoms with Crippen LogP contribution in [-0.4, -0.2) is 0 Å². The molecule has 0 unspecified atom stereocenters. The van der Waals surface area contributed by atoms with E-state index in [0.717, 1.165) is 44.5 Å². The van der Waals surface area contributed by atoms with Gasteiger partial charge in [-0.05, 0) is 22.3 Å². The van der Waals surface area contributed by atoms with Gasteiger partial charge in [-0.3, -0.25) is 17.2 Å². The van der Waals surface area contributed by atoms with E-state index < -0.39 is 10.8 Å². The van der Waals surface area contributed by atoms with Crippen molar-refractivity contribution in [2.45, 2.75) is 10.8 Å². The Balaban J connectivity index is 0.00000208. The predicted octanol–water partition coefficient (Wildman–Crippen LogP) is 9.65. The summed E-state index contributed by atoms with van der Waals surface area (Å²) in [4.78, 5) is 0. The van der Waals surface area contributed by atoms with Gasteiger partial charge >= 0.3 is 0 Å². The maximum absolute atomic E-state index is 3.69. The van der Waals surface area contributed by atoms with Gasteiger partial charge in [0.05, 0.1) is 0 Å². The summed E-state index contributed by atoms with van der Waals surface area (Å²) in [5, 5.41) is 0. The Bertz CT molecular complexity index is 1590. The molecule has 0 aliphatic rings. The number of benzene rings is 7. The Morgan fingerprint density at radius 2 is 0.609 bits per heavy atom. The molecule has 0 nitrogen and oxygen atoms in total. The minimum Gasteiger partial charge on any atom is -0.354 e. The minimum absolute atomic E-state index is 0. The molecule has 0 aromatic heterocycles. The van der Waals surface area contributed by atoms with Crippen molar-refractivity contribution >= 4 is 0 Å². The molecule has 0 atom stereocenters. The second-order valence-electron chi connectivity index (χ2n) is 10.9. The number of rotatable bonds is 8. The molecule has 0 aliphatic heterocycles. The molecule has 2 radical (unpaired) electrons. The molecule has 2 heteroatoms. The molecule has 0 spiro atoms. The second kappa shape index (κ2) is 15.6. The number of hydrogen-bond acceptors (Lipinski definition) is 0. The molecule has 7 aromatic carbocycles. The Hall–Kier alpha value is -3.25. The second-order valence-corrected chi connectivity index (χ2v) is 10.9. The van der Waals surface area contributed by atoms with E-state index in [9.17, 15) is 0 Å². The Labute approximate surface area is 323 Å². The van der Waals surface area contributed by atoms with Gasteiger partial charge in [0.2, 0.25) is 0 Å². The van der Waals surface area contributed by atoms with Gasteiger partial charge in [-0.1, -0.05) is 121 Å². The van der Waals surface area contributed by atoms with E-state index in [0.29, 0.717) is 0 Å². The van der Waals surface area contributed by atoms with Crippen molar-refractivity contribution in [1.29, 1.82) is 0 Å². The van der Waals surface area contributed by atoms with E-state index in [1.807, 2.05) is 30.3 Å². The van der Waals surface area contributed by atoms with Crippen molar-refractivity contribution in [1.82, 2.24) is 0 Å². The fraction of sp³-hybridized carbons (Fsp3) is 0.0455. The van der Waals surface area contributed by atoms with Crippen LogP contribution in [0.25, 0.3) is 0 Å². The van der Waals surface area contributed by atoms with Crippen LogP contribution in [0.15, 0.2) is 182 Å². The molecule has 216 valence electrons. The van der Waals surface area contributed by atoms with E-state index in [-0.39, 0.29) is 65.4 Å². The maximum atomic E-state index is 3.69. The Morgan fingerprint density at radius 3 is 0.891 bits per heavy atom. The van der Waals surface area contributed by atoms with Gasteiger partial charge in [0.15, 0.2) is 0 Å². The first-order valence-corrected chi connectivity index (χ1v) is 15.0. The van der Waals surface area contributed by atoms with E-state index in [4.69, 9.17) is 0 Å². The first kappa shape index (κ1) is 34.1. The minimum atomic E-state index is -0.673. The van der Waals surface area contributed by atoms with Crippen molar-refractivity contribution in [3.63, 3.8) is 0 Å². The molecule has 0 heterocycles. The van der Waals surface area contributed by atoms with Crippen molar-refractivity contribution < 1.29 is 65.4 Å². The summed E-state index contributed by atoms with van der Waals surface area (Å²) in [6, 6.07) is 78.4. The van der Waals surface area contributed by atoms with Gasteiger partial charge in [0.25, 0.3) is 0 Å². The van der Waals surface area contributed by atoms with Crippen LogP contribution in [0.1, 0.15) is 44.5 Å². The average Bonchev–Trinajstić information content (AvgIpc) is 3.12. The van der Waals surface area contributed by atoms with Gasteiger partial charge in [-0.2, -0.15) is 60.7 Å².